The Morgan fingerprint density at radius 2 is 2.22 bits per heavy atom. The van der Waals surface area contributed by atoms with Gasteiger partial charge in [-0.1, -0.05) is 6.07 Å². The number of nitrogens with zero attached hydrogens (tertiary/aromatic N) is 2. The molecule has 6 rings (SSSR count). The molecular formula is C24H27N5O2S. The maximum atomic E-state index is 12.9. The first kappa shape index (κ1) is 19.8. The molecule has 7 nitrogen and oxygen atoms in total. The van der Waals surface area contributed by atoms with Crippen molar-refractivity contribution >= 4 is 38.8 Å². The normalized spacial score (nSPS) is 24.3. The number of hydrogen-bond acceptors (Lipinski definition) is 7. The molecular weight excluding hydrogens is 422 g/mol. The molecule has 0 unspecified atom stereocenters. The lowest BCUT2D eigenvalue weighted by Crippen LogP contribution is -2.42. The maximum Gasteiger partial charge on any atom is 0.263 e. The van der Waals surface area contributed by atoms with Gasteiger partial charge in [-0.2, -0.15) is 0 Å². The molecule has 0 saturated carbocycles. The van der Waals surface area contributed by atoms with Crippen LogP contribution in [-0.2, 0) is 6.42 Å². The van der Waals surface area contributed by atoms with E-state index in [1.807, 2.05) is 19.1 Å². The number of aryl methyl sites for hydroxylation is 1. The minimum absolute atomic E-state index is 0.0875. The van der Waals surface area contributed by atoms with Crippen LogP contribution in [0.1, 0.15) is 27.3 Å². The molecule has 3 aromatic rings. The second kappa shape index (κ2) is 7.64. The minimum atomic E-state index is -0.159. The summed E-state index contributed by atoms with van der Waals surface area (Å²) in [7, 11) is 0. The fourth-order valence-corrected chi connectivity index (χ4v) is 6.26. The van der Waals surface area contributed by atoms with E-state index in [1.165, 1.54) is 23.4 Å². The van der Waals surface area contributed by atoms with Crippen LogP contribution in [0.2, 0.25) is 0 Å². The highest BCUT2D eigenvalue weighted by atomic mass is 32.1. The third-order valence-corrected chi connectivity index (χ3v) is 8.07. The van der Waals surface area contributed by atoms with Crippen molar-refractivity contribution in [3.8, 4) is 5.75 Å². The molecule has 5 heterocycles. The number of nitrogen functional groups attached to an aromatic ring is 1. The molecule has 2 fully saturated rings. The van der Waals surface area contributed by atoms with Crippen LogP contribution < -0.4 is 26.0 Å². The summed E-state index contributed by atoms with van der Waals surface area (Å²) in [6.45, 7) is 5.71. The zero-order valence-corrected chi connectivity index (χ0v) is 18.9. The first-order chi connectivity index (χ1) is 15.5. The summed E-state index contributed by atoms with van der Waals surface area (Å²) >= 11 is 1.34. The molecule has 2 saturated heterocycles. The van der Waals surface area contributed by atoms with Crippen LogP contribution in [0.25, 0.3) is 10.2 Å². The summed E-state index contributed by atoms with van der Waals surface area (Å²) in [6.07, 6.45) is 2.01. The number of anilines is 2. The number of pyridine rings is 1. The minimum Gasteiger partial charge on any atom is -0.491 e. The van der Waals surface area contributed by atoms with Crippen LogP contribution in [-0.4, -0.2) is 49.2 Å². The monoisotopic (exact) mass is 449 g/mol. The SMILES string of the molecule is Cc1ccc2c(N)c(C(=O)N[C@H]3COc4cc(N5C[C@H]6CCN[C@H]6C5)ccc4C3)sc2n1. The van der Waals surface area contributed by atoms with E-state index in [9.17, 15) is 4.79 Å². The summed E-state index contributed by atoms with van der Waals surface area (Å²) in [5, 5.41) is 7.55. The van der Waals surface area contributed by atoms with E-state index < -0.39 is 0 Å². The number of benzene rings is 1. The number of thiophene rings is 1. The fraction of sp³-hybridized carbons (Fsp3) is 0.417. The van der Waals surface area contributed by atoms with Gasteiger partial charge in [0, 0.05) is 42.0 Å². The van der Waals surface area contributed by atoms with Crippen molar-refractivity contribution in [3.63, 3.8) is 0 Å². The molecule has 1 amide bonds. The number of ether oxygens (including phenoxy) is 1. The molecule has 0 bridgehead atoms. The largest absolute Gasteiger partial charge is 0.491 e. The molecule has 8 heteroatoms. The van der Waals surface area contributed by atoms with Crippen molar-refractivity contribution in [3.05, 3.63) is 46.5 Å². The Hall–Kier alpha value is -2.84. The van der Waals surface area contributed by atoms with E-state index in [0.29, 0.717) is 23.2 Å². The second-order valence-corrected chi connectivity index (χ2v) is 10.1. The lowest BCUT2D eigenvalue weighted by Gasteiger charge is -2.28. The van der Waals surface area contributed by atoms with Gasteiger partial charge in [0.05, 0.1) is 11.7 Å². The molecule has 4 N–H and O–H groups in total. The number of fused-ring (bicyclic) bond motifs is 3. The molecule has 3 aliphatic rings. The molecule has 0 spiro atoms. The molecule has 0 aliphatic carbocycles. The third kappa shape index (κ3) is 3.38. The van der Waals surface area contributed by atoms with Crippen molar-refractivity contribution in [1.29, 1.82) is 0 Å². The Kier molecular flexibility index (Phi) is 4.73. The number of aromatic nitrogens is 1. The predicted octanol–water partition coefficient (Wildman–Crippen LogP) is 2.72. The van der Waals surface area contributed by atoms with Crippen molar-refractivity contribution in [2.75, 3.05) is 36.9 Å². The molecule has 32 heavy (non-hydrogen) atoms. The van der Waals surface area contributed by atoms with Gasteiger partial charge in [-0.05, 0) is 56.0 Å². The van der Waals surface area contributed by atoms with Crippen LogP contribution >= 0.6 is 11.3 Å². The van der Waals surface area contributed by atoms with Gasteiger partial charge in [0.25, 0.3) is 5.91 Å². The lowest BCUT2D eigenvalue weighted by molar-refractivity contribution is 0.0920. The predicted molar refractivity (Wildman–Crippen MR) is 128 cm³/mol. The zero-order chi connectivity index (χ0) is 21.8. The van der Waals surface area contributed by atoms with E-state index in [4.69, 9.17) is 10.5 Å². The first-order valence-electron chi connectivity index (χ1n) is 11.3. The van der Waals surface area contributed by atoms with Gasteiger partial charge in [-0.25, -0.2) is 4.98 Å². The number of rotatable bonds is 3. The van der Waals surface area contributed by atoms with E-state index in [2.05, 4.69) is 38.7 Å². The Morgan fingerprint density at radius 1 is 1.31 bits per heavy atom. The summed E-state index contributed by atoms with van der Waals surface area (Å²) in [6, 6.07) is 10.9. The second-order valence-electron chi connectivity index (χ2n) is 9.14. The quantitative estimate of drug-likeness (QED) is 0.569. The molecule has 3 aliphatic heterocycles. The average Bonchev–Trinajstić information content (AvgIpc) is 3.47. The van der Waals surface area contributed by atoms with Gasteiger partial charge in [0.1, 0.15) is 22.1 Å². The van der Waals surface area contributed by atoms with E-state index in [1.54, 1.807) is 0 Å². The van der Waals surface area contributed by atoms with Crippen LogP contribution in [0, 0.1) is 12.8 Å². The number of carbonyl (C=O) groups excluding carboxylic acids is 1. The van der Waals surface area contributed by atoms with E-state index in [0.717, 1.165) is 59.2 Å². The average molecular weight is 450 g/mol. The first-order valence-corrected chi connectivity index (χ1v) is 12.1. The lowest BCUT2D eigenvalue weighted by atomic mass is 10.0. The number of carbonyl (C=O) groups is 1. The molecule has 3 atom stereocenters. The highest BCUT2D eigenvalue weighted by molar-refractivity contribution is 7.21. The van der Waals surface area contributed by atoms with E-state index in [-0.39, 0.29) is 11.9 Å². The molecule has 1 aromatic carbocycles. The van der Waals surface area contributed by atoms with Crippen LogP contribution in [0.15, 0.2) is 30.3 Å². The van der Waals surface area contributed by atoms with Crippen LogP contribution in [0.5, 0.6) is 5.75 Å². The van der Waals surface area contributed by atoms with E-state index >= 15 is 0 Å². The number of nitrogens with two attached hydrogens (primary N) is 1. The molecule has 166 valence electrons. The number of nitrogens with one attached hydrogen (secondary N) is 2. The Morgan fingerprint density at radius 3 is 3.09 bits per heavy atom. The van der Waals surface area contributed by atoms with Crippen molar-refractivity contribution in [2.45, 2.75) is 31.8 Å². The molecule has 0 radical (unpaired) electrons. The third-order valence-electron chi connectivity index (χ3n) is 6.96. The summed E-state index contributed by atoms with van der Waals surface area (Å²) < 4.78 is 6.07. The van der Waals surface area contributed by atoms with Gasteiger partial charge in [0.2, 0.25) is 0 Å². The summed E-state index contributed by atoms with van der Waals surface area (Å²) in [5.74, 6) is 1.53. The van der Waals surface area contributed by atoms with Gasteiger partial charge in [0.15, 0.2) is 0 Å². The fourth-order valence-electron chi connectivity index (χ4n) is 5.22. The Balaban J connectivity index is 1.15. The smallest absolute Gasteiger partial charge is 0.263 e. The topological polar surface area (TPSA) is 92.5 Å². The standard InChI is InChI=1S/C24H27N5O2S/c1-13-2-5-18-21(25)22(32-24(18)27-13)23(30)28-16-8-14-3-4-17(9-20(14)31-12-16)29-10-15-6-7-26-19(15)11-29/h2-5,9,15-16,19,26H,6-8,10-12,25H2,1H3,(H,28,30)/t15-,16-,19+/m1/s1. The maximum absolute atomic E-state index is 12.9. The Labute approximate surface area is 191 Å². The Bertz CT molecular complexity index is 1200. The highest BCUT2D eigenvalue weighted by Crippen LogP contribution is 2.35. The summed E-state index contributed by atoms with van der Waals surface area (Å²) in [4.78, 5) is 21.2. The van der Waals surface area contributed by atoms with Crippen LogP contribution in [0.3, 0.4) is 0 Å². The van der Waals surface area contributed by atoms with Crippen molar-refractivity contribution in [2.24, 2.45) is 5.92 Å². The van der Waals surface area contributed by atoms with Gasteiger partial charge in [-0.15, -0.1) is 11.3 Å². The number of amides is 1. The van der Waals surface area contributed by atoms with Crippen molar-refractivity contribution in [1.82, 2.24) is 15.6 Å². The van der Waals surface area contributed by atoms with Crippen LogP contribution in [0.4, 0.5) is 11.4 Å². The van der Waals surface area contributed by atoms with Crippen molar-refractivity contribution < 1.29 is 9.53 Å². The summed E-state index contributed by atoms with van der Waals surface area (Å²) in [5.41, 5.74) is 10.0. The number of hydrogen-bond donors (Lipinski definition) is 3. The van der Waals surface area contributed by atoms with Gasteiger partial charge >= 0.3 is 0 Å². The highest BCUT2D eigenvalue weighted by Gasteiger charge is 2.36. The molecule has 2 aromatic heterocycles. The zero-order valence-electron chi connectivity index (χ0n) is 18.1. The van der Waals surface area contributed by atoms with Gasteiger partial charge in [-0.3, -0.25) is 4.79 Å². The van der Waals surface area contributed by atoms with Gasteiger partial charge < -0.3 is 26.0 Å².